The smallest absolute Gasteiger partial charge is 0.475 e. The van der Waals surface area contributed by atoms with Gasteiger partial charge in [0.25, 0.3) is 0 Å². The first-order valence-corrected chi connectivity index (χ1v) is 9.28. The van der Waals surface area contributed by atoms with E-state index < -0.39 is 18.2 Å². The van der Waals surface area contributed by atoms with Gasteiger partial charge in [-0.3, -0.25) is 0 Å². The topological polar surface area (TPSA) is 100 Å². The number of hydrogen-bond donors (Lipinski definition) is 3. The summed E-state index contributed by atoms with van der Waals surface area (Å²) < 4.78 is 34.5. The van der Waals surface area contributed by atoms with Crippen molar-refractivity contribution in [2.24, 2.45) is 5.92 Å². The van der Waals surface area contributed by atoms with Gasteiger partial charge in [0.2, 0.25) is 0 Å². The highest BCUT2D eigenvalue weighted by atomic mass is 79.9. The third-order valence-corrected chi connectivity index (χ3v) is 4.63. The second-order valence-corrected chi connectivity index (χ2v) is 7.28. The molecular weight excluding hydrogens is 445 g/mol. The third kappa shape index (κ3) is 7.21. The molecule has 3 rings (SSSR count). The Bertz CT molecular complexity index is 762. The van der Waals surface area contributed by atoms with E-state index in [0.717, 1.165) is 35.2 Å². The van der Waals surface area contributed by atoms with Crippen LogP contribution in [0.15, 0.2) is 34.9 Å². The Hall–Kier alpha value is -1.98. The predicted molar refractivity (Wildman–Crippen MR) is 97.5 cm³/mol. The number of aliphatic carboxylic acids is 1. The fourth-order valence-electron chi connectivity index (χ4n) is 2.67. The summed E-state index contributed by atoms with van der Waals surface area (Å²) in [6.45, 7) is 2.59. The average Bonchev–Trinajstić information content (AvgIpc) is 3.28. The van der Waals surface area contributed by atoms with Crippen LogP contribution in [0.1, 0.15) is 23.8 Å². The second kappa shape index (κ2) is 9.99. The monoisotopic (exact) mass is 464 g/mol. The quantitative estimate of drug-likeness (QED) is 0.628. The second-order valence-electron chi connectivity index (χ2n) is 6.37. The summed E-state index contributed by atoms with van der Waals surface area (Å²) in [6, 6.07) is 7.68. The third-order valence-electron chi connectivity index (χ3n) is 4.10. The fourth-order valence-corrected chi connectivity index (χ4v) is 2.94. The maximum absolute atomic E-state index is 10.6. The predicted octanol–water partition coefficient (Wildman–Crippen LogP) is 2.56. The molecule has 0 saturated carbocycles. The molecule has 3 N–H and O–H groups in total. The van der Waals surface area contributed by atoms with Crippen LogP contribution in [0.4, 0.5) is 13.2 Å². The van der Waals surface area contributed by atoms with Crippen molar-refractivity contribution < 1.29 is 28.2 Å². The van der Waals surface area contributed by atoms with Gasteiger partial charge in [0.1, 0.15) is 0 Å². The molecule has 1 saturated heterocycles. The number of rotatable bonds is 5. The molecule has 11 heteroatoms. The summed E-state index contributed by atoms with van der Waals surface area (Å²) in [5, 5.41) is 29.1. The Kier molecular flexibility index (Phi) is 7.96. The van der Waals surface area contributed by atoms with Crippen molar-refractivity contribution in [2.45, 2.75) is 31.7 Å². The van der Waals surface area contributed by atoms with Gasteiger partial charge >= 0.3 is 12.1 Å². The zero-order valence-electron chi connectivity index (χ0n) is 14.7. The summed E-state index contributed by atoms with van der Waals surface area (Å²) in [6.07, 6.45) is -1.54. The summed E-state index contributed by atoms with van der Waals surface area (Å²) >= 11 is 3.39. The molecule has 0 bridgehead atoms. The lowest BCUT2D eigenvalue weighted by molar-refractivity contribution is -0.192. The maximum Gasteiger partial charge on any atom is 0.490 e. The van der Waals surface area contributed by atoms with Gasteiger partial charge in [-0.05, 0) is 49.5 Å². The van der Waals surface area contributed by atoms with Gasteiger partial charge in [0, 0.05) is 10.7 Å². The van der Waals surface area contributed by atoms with Crippen LogP contribution < -0.4 is 5.32 Å². The SMILES string of the molecule is O=C(O)C(F)(F)F.O[C@@H](Cn1cc(CC2CCNC2)nn1)c1ccc(Br)cc1. The number of carboxylic acid groups (broad SMARTS) is 1. The highest BCUT2D eigenvalue weighted by Crippen LogP contribution is 2.19. The first-order valence-electron chi connectivity index (χ1n) is 8.48. The summed E-state index contributed by atoms with van der Waals surface area (Å²) in [5.41, 5.74) is 1.89. The number of carbonyl (C=O) groups is 1. The zero-order chi connectivity index (χ0) is 20.7. The number of alkyl halides is 3. The molecule has 2 aromatic rings. The van der Waals surface area contributed by atoms with Gasteiger partial charge in [-0.2, -0.15) is 13.2 Å². The highest BCUT2D eigenvalue weighted by Gasteiger charge is 2.38. The molecule has 1 aliphatic rings. The lowest BCUT2D eigenvalue weighted by Crippen LogP contribution is -2.21. The minimum Gasteiger partial charge on any atom is -0.475 e. The molecule has 0 spiro atoms. The molecule has 0 radical (unpaired) electrons. The molecule has 0 amide bonds. The number of halogens is 4. The van der Waals surface area contributed by atoms with E-state index >= 15 is 0 Å². The molecule has 1 unspecified atom stereocenters. The van der Waals surface area contributed by atoms with E-state index in [-0.39, 0.29) is 0 Å². The molecule has 1 aromatic carbocycles. The molecule has 2 atom stereocenters. The van der Waals surface area contributed by atoms with Crippen molar-refractivity contribution in [2.75, 3.05) is 13.1 Å². The van der Waals surface area contributed by atoms with Gasteiger partial charge in [-0.25, -0.2) is 9.48 Å². The van der Waals surface area contributed by atoms with E-state index in [1.807, 2.05) is 30.5 Å². The minimum atomic E-state index is -5.08. The molecule has 0 aliphatic carbocycles. The molecule has 154 valence electrons. The Morgan fingerprint density at radius 2 is 2.00 bits per heavy atom. The number of aliphatic hydroxyl groups excluding tert-OH is 1. The lowest BCUT2D eigenvalue weighted by atomic mass is 10.0. The van der Waals surface area contributed by atoms with Crippen molar-refractivity contribution in [3.05, 3.63) is 46.2 Å². The Morgan fingerprint density at radius 3 is 2.54 bits per heavy atom. The largest absolute Gasteiger partial charge is 0.490 e. The van der Waals surface area contributed by atoms with Gasteiger partial charge in [0.15, 0.2) is 0 Å². The van der Waals surface area contributed by atoms with E-state index in [4.69, 9.17) is 9.90 Å². The zero-order valence-corrected chi connectivity index (χ0v) is 16.3. The summed E-state index contributed by atoms with van der Waals surface area (Å²) in [4.78, 5) is 8.90. The van der Waals surface area contributed by atoms with E-state index in [2.05, 4.69) is 31.6 Å². The van der Waals surface area contributed by atoms with Crippen molar-refractivity contribution in [1.82, 2.24) is 20.3 Å². The van der Waals surface area contributed by atoms with Crippen LogP contribution in [0.3, 0.4) is 0 Å². The van der Waals surface area contributed by atoms with E-state index in [9.17, 15) is 18.3 Å². The van der Waals surface area contributed by atoms with E-state index in [1.54, 1.807) is 4.68 Å². The Balaban J connectivity index is 0.000000345. The number of carboxylic acids is 1. The molecule has 7 nitrogen and oxygen atoms in total. The van der Waals surface area contributed by atoms with Crippen molar-refractivity contribution >= 4 is 21.9 Å². The highest BCUT2D eigenvalue weighted by molar-refractivity contribution is 9.10. The number of aliphatic hydroxyl groups is 1. The van der Waals surface area contributed by atoms with Gasteiger partial charge in [-0.1, -0.05) is 33.3 Å². The molecule has 1 fully saturated rings. The van der Waals surface area contributed by atoms with Crippen molar-refractivity contribution in [1.29, 1.82) is 0 Å². The standard InChI is InChI=1S/C15H19BrN4O.C2HF3O2/c16-13-3-1-12(2-4-13)15(21)10-20-9-14(18-19-20)7-11-5-6-17-8-11;3-2(4,5)1(6)7/h1-4,9,11,15,17,21H,5-8,10H2;(H,6,7)/t11?,15-;/m0./s1. The fraction of sp³-hybridized carbons (Fsp3) is 0.471. The average molecular weight is 465 g/mol. The van der Waals surface area contributed by atoms with Crippen LogP contribution in [0.5, 0.6) is 0 Å². The van der Waals surface area contributed by atoms with E-state index in [1.165, 1.54) is 6.42 Å². The molecular formula is C17H20BrF3N4O3. The van der Waals surface area contributed by atoms with Gasteiger partial charge in [0.05, 0.1) is 18.3 Å². The molecule has 2 heterocycles. The summed E-state index contributed by atoms with van der Waals surface area (Å²) in [5.74, 6) is -2.10. The summed E-state index contributed by atoms with van der Waals surface area (Å²) in [7, 11) is 0. The van der Waals surface area contributed by atoms with Crippen LogP contribution in [0, 0.1) is 5.92 Å². The van der Waals surface area contributed by atoms with Crippen LogP contribution in [0.2, 0.25) is 0 Å². The molecule has 1 aromatic heterocycles. The number of benzene rings is 1. The normalized spacial score (nSPS) is 17.7. The van der Waals surface area contributed by atoms with Crippen LogP contribution in [-0.2, 0) is 17.8 Å². The van der Waals surface area contributed by atoms with Gasteiger partial charge in [-0.15, -0.1) is 5.10 Å². The maximum atomic E-state index is 10.6. The van der Waals surface area contributed by atoms with Crippen LogP contribution in [-0.4, -0.2) is 50.4 Å². The van der Waals surface area contributed by atoms with E-state index in [0.29, 0.717) is 12.5 Å². The number of nitrogens with zero attached hydrogens (tertiary/aromatic N) is 3. The number of nitrogens with one attached hydrogen (secondary N) is 1. The molecule has 1 aliphatic heterocycles. The lowest BCUT2D eigenvalue weighted by Gasteiger charge is -2.10. The number of aromatic nitrogens is 3. The van der Waals surface area contributed by atoms with Crippen molar-refractivity contribution in [3.8, 4) is 0 Å². The Morgan fingerprint density at radius 1 is 1.36 bits per heavy atom. The first kappa shape index (κ1) is 22.3. The van der Waals surface area contributed by atoms with Crippen molar-refractivity contribution in [3.63, 3.8) is 0 Å². The Labute approximate surface area is 167 Å². The molecule has 28 heavy (non-hydrogen) atoms. The minimum absolute atomic E-state index is 0.428. The van der Waals surface area contributed by atoms with Gasteiger partial charge < -0.3 is 15.5 Å². The number of hydrogen-bond acceptors (Lipinski definition) is 5. The van der Waals surface area contributed by atoms with Crippen LogP contribution in [0.25, 0.3) is 0 Å². The van der Waals surface area contributed by atoms with Crippen LogP contribution >= 0.6 is 15.9 Å². The first-order chi connectivity index (χ1) is 13.1.